The van der Waals surface area contributed by atoms with Crippen molar-refractivity contribution in [1.82, 2.24) is 20.7 Å². The van der Waals surface area contributed by atoms with Crippen molar-refractivity contribution in [2.75, 3.05) is 13.1 Å². The minimum Gasteiger partial charge on any atom is -0.310 e. The monoisotopic (exact) mass is 302 g/mol. The van der Waals surface area contributed by atoms with E-state index in [-0.39, 0.29) is 0 Å². The Hall–Kier alpha value is -1.50. The molecule has 1 saturated carbocycles. The molecular formula is C16H22N4O2. The van der Waals surface area contributed by atoms with Gasteiger partial charge in [-0.1, -0.05) is 0 Å². The number of rotatable bonds is 2. The predicted molar refractivity (Wildman–Crippen MR) is 80.6 cm³/mol. The minimum absolute atomic E-state index is 0.355. The smallest absolute Gasteiger partial charge is 0.276 e. The first kappa shape index (κ1) is 14.1. The van der Waals surface area contributed by atoms with Gasteiger partial charge in [-0.25, -0.2) is 5.48 Å². The molecule has 0 radical (unpaired) electrons. The van der Waals surface area contributed by atoms with Crippen molar-refractivity contribution >= 4 is 5.91 Å². The molecule has 1 saturated heterocycles. The lowest BCUT2D eigenvalue weighted by molar-refractivity contribution is 0.0140. The van der Waals surface area contributed by atoms with Crippen LogP contribution in [0.2, 0.25) is 0 Å². The Morgan fingerprint density at radius 3 is 3.09 bits per heavy atom. The Balaban J connectivity index is 1.51. The number of hydrogen-bond donors (Lipinski definition) is 3. The van der Waals surface area contributed by atoms with E-state index >= 15 is 0 Å². The van der Waals surface area contributed by atoms with Gasteiger partial charge in [0.15, 0.2) is 0 Å². The number of hydroxylamine groups is 1. The van der Waals surface area contributed by atoms with Crippen LogP contribution in [0.15, 0.2) is 12.3 Å². The quantitative estimate of drug-likeness (QED) is 0.557. The number of hydrogen-bond acceptors (Lipinski definition) is 5. The molecular weight excluding hydrogens is 280 g/mol. The van der Waals surface area contributed by atoms with Gasteiger partial charge >= 0.3 is 0 Å². The van der Waals surface area contributed by atoms with E-state index < -0.39 is 5.91 Å². The van der Waals surface area contributed by atoms with Crippen molar-refractivity contribution in [2.24, 2.45) is 0 Å². The molecule has 2 fully saturated rings. The molecule has 0 unspecified atom stereocenters. The summed E-state index contributed by atoms with van der Waals surface area (Å²) in [4.78, 5) is 18.5. The number of amides is 1. The van der Waals surface area contributed by atoms with Crippen LogP contribution in [0.1, 0.15) is 47.3 Å². The van der Waals surface area contributed by atoms with Crippen molar-refractivity contribution < 1.29 is 10.0 Å². The van der Waals surface area contributed by atoms with Crippen molar-refractivity contribution in [3.05, 3.63) is 29.1 Å². The van der Waals surface area contributed by atoms with Crippen LogP contribution in [0.4, 0.5) is 0 Å². The number of carbonyl (C=O) groups excluding carboxylic acids is 1. The molecule has 6 nitrogen and oxygen atoms in total. The first-order valence-electron chi connectivity index (χ1n) is 8.13. The van der Waals surface area contributed by atoms with E-state index in [1.807, 2.05) is 6.07 Å². The molecule has 1 amide bonds. The fraction of sp³-hybridized carbons (Fsp3) is 0.625. The first-order valence-corrected chi connectivity index (χ1v) is 8.13. The lowest BCUT2D eigenvalue weighted by Crippen LogP contribution is -2.65. The molecule has 2 aliphatic heterocycles. The average molecular weight is 302 g/mol. The molecule has 1 aromatic rings. The maximum atomic E-state index is 11.5. The Kier molecular flexibility index (Phi) is 3.40. The summed E-state index contributed by atoms with van der Waals surface area (Å²) in [6.07, 6.45) is 7.62. The number of fused-ring (bicyclic) bond motifs is 1. The number of carbonyl (C=O) groups is 1. The van der Waals surface area contributed by atoms with E-state index in [1.54, 1.807) is 11.7 Å². The molecule has 118 valence electrons. The average Bonchev–Trinajstić information content (AvgIpc) is 3.05. The molecule has 3 heterocycles. The normalized spacial score (nSPS) is 30.9. The van der Waals surface area contributed by atoms with Crippen LogP contribution in [0.25, 0.3) is 0 Å². The molecule has 1 spiro atoms. The van der Waals surface area contributed by atoms with E-state index in [2.05, 4.69) is 15.2 Å². The zero-order valence-corrected chi connectivity index (χ0v) is 12.6. The van der Waals surface area contributed by atoms with Crippen molar-refractivity contribution in [3.63, 3.8) is 0 Å². The summed E-state index contributed by atoms with van der Waals surface area (Å²) in [6.45, 7) is 3.04. The van der Waals surface area contributed by atoms with Crippen LogP contribution >= 0.6 is 0 Å². The van der Waals surface area contributed by atoms with Crippen molar-refractivity contribution in [1.29, 1.82) is 0 Å². The molecule has 4 rings (SSSR count). The Morgan fingerprint density at radius 2 is 2.41 bits per heavy atom. The van der Waals surface area contributed by atoms with Crippen molar-refractivity contribution in [2.45, 2.75) is 50.2 Å². The highest BCUT2D eigenvalue weighted by molar-refractivity contribution is 5.93. The van der Waals surface area contributed by atoms with Gasteiger partial charge in [0.2, 0.25) is 0 Å². The Labute approximate surface area is 129 Å². The van der Waals surface area contributed by atoms with Gasteiger partial charge in [-0.2, -0.15) is 0 Å². The molecule has 3 N–H and O–H groups in total. The molecule has 3 aliphatic rings. The molecule has 6 heteroatoms. The van der Waals surface area contributed by atoms with Crippen LogP contribution in [0.3, 0.4) is 0 Å². The molecule has 1 aliphatic carbocycles. The van der Waals surface area contributed by atoms with E-state index in [0.29, 0.717) is 17.1 Å². The highest BCUT2D eigenvalue weighted by atomic mass is 16.5. The topological polar surface area (TPSA) is 77.5 Å². The van der Waals surface area contributed by atoms with Gasteiger partial charge in [-0.3, -0.25) is 19.9 Å². The maximum absolute atomic E-state index is 11.5. The van der Waals surface area contributed by atoms with Gasteiger partial charge in [-0.05, 0) is 50.3 Å². The second-order valence-electron chi connectivity index (χ2n) is 6.73. The highest BCUT2D eigenvalue weighted by Crippen LogP contribution is 2.43. The van der Waals surface area contributed by atoms with Crippen molar-refractivity contribution in [3.8, 4) is 0 Å². The van der Waals surface area contributed by atoms with Gasteiger partial charge in [0.1, 0.15) is 0 Å². The second kappa shape index (κ2) is 5.30. The number of pyridine rings is 1. The van der Waals surface area contributed by atoms with E-state index in [0.717, 1.165) is 37.3 Å². The second-order valence-corrected chi connectivity index (χ2v) is 6.73. The third-order valence-corrected chi connectivity index (χ3v) is 5.66. The molecule has 2 atom stereocenters. The van der Waals surface area contributed by atoms with Gasteiger partial charge in [0.25, 0.3) is 5.91 Å². The van der Waals surface area contributed by atoms with Crippen LogP contribution in [-0.2, 0) is 13.0 Å². The van der Waals surface area contributed by atoms with Crippen LogP contribution in [0, 0.1) is 0 Å². The number of aromatic nitrogens is 1. The third-order valence-electron chi connectivity index (χ3n) is 5.66. The van der Waals surface area contributed by atoms with Gasteiger partial charge in [0.05, 0.1) is 11.3 Å². The summed E-state index contributed by atoms with van der Waals surface area (Å²) in [5, 5.41) is 12.5. The summed E-state index contributed by atoms with van der Waals surface area (Å²) in [5.74, 6) is -0.495. The zero-order chi connectivity index (χ0) is 15.2. The minimum atomic E-state index is -0.495. The molecule has 0 bridgehead atoms. The summed E-state index contributed by atoms with van der Waals surface area (Å²) in [7, 11) is 0. The van der Waals surface area contributed by atoms with E-state index in [9.17, 15) is 4.79 Å². The van der Waals surface area contributed by atoms with Gasteiger partial charge in [-0.15, -0.1) is 0 Å². The van der Waals surface area contributed by atoms with E-state index in [1.165, 1.54) is 25.7 Å². The lowest BCUT2D eigenvalue weighted by Gasteiger charge is -2.53. The summed E-state index contributed by atoms with van der Waals surface area (Å²) in [6, 6.07) is 2.49. The highest BCUT2D eigenvalue weighted by Gasteiger charge is 2.51. The molecule has 1 aromatic heterocycles. The third kappa shape index (κ3) is 2.14. The number of nitrogens with zero attached hydrogens (tertiary/aromatic N) is 2. The maximum Gasteiger partial charge on any atom is 0.276 e. The predicted octanol–water partition coefficient (Wildman–Crippen LogP) is 0.843. The van der Waals surface area contributed by atoms with Gasteiger partial charge < -0.3 is 5.32 Å². The van der Waals surface area contributed by atoms with Crippen LogP contribution < -0.4 is 10.8 Å². The largest absolute Gasteiger partial charge is 0.310 e. The summed E-state index contributed by atoms with van der Waals surface area (Å²) >= 11 is 0. The first-order chi connectivity index (χ1) is 10.7. The Morgan fingerprint density at radius 1 is 1.50 bits per heavy atom. The standard InChI is InChI=1S/C16H22N4O2/c21-15(19-22)12-8-11-3-7-20(10-13(11)17-9-12)14-2-5-16(14)4-1-6-18-16/h8-9,14,18,22H,1-7,10H2,(H,19,21)/t14-,16+/m1/s1. The zero-order valence-electron chi connectivity index (χ0n) is 12.6. The summed E-state index contributed by atoms with van der Waals surface area (Å²) in [5.41, 5.74) is 4.65. The van der Waals surface area contributed by atoms with Crippen LogP contribution in [0.5, 0.6) is 0 Å². The lowest BCUT2D eigenvalue weighted by atomic mass is 9.69. The Bertz CT molecular complexity index is 598. The van der Waals surface area contributed by atoms with Crippen LogP contribution in [-0.4, -0.2) is 45.7 Å². The van der Waals surface area contributed by atoms with Gasteiger partial charge in [0, 0.05) is 30.9 Å². The molecule has 0 aromatic carbocycles. The molecule has 22 heavy (non-hydrogen) atoms. The number of nitrogens with one attached hydrogen (secondary N) is 2. The summed E-state index contributed by atoms with van der Waals surface area (Å²) < 4.78 is 0. The van der Waals surface area contributed by atoms with E-state index in [4.69, 9.17) is 5.21 Å². The fourth-order valence-electron chi connectivity index (χ4n) is 4.37. The fourth-order valence-corrected chi connectivity index (χ4v) is 4.37. The SMILES string of the molecule is O=C(NO)c1cnc2c(c1)CCN([C@@H]1CC[C@@]13CCCN3)C2.